The van der Waals surface area contributed by atoms with Gasteiger partial charge in [0.05, 0.1) is 0 Å². The topological polar surface area (TPSA) is 80.9 Å². The fourth-order valence-corrected chi connectivity index (χ4v) is 0. The molecule has 0 bridgehead atoms. The zero-order valence-electron chi connectivity index (χ0n) is 16.3. The summed E-state index contributed by atoms with van der Waals surface area (Å²) < 4.78 is 0. The Balaban J connectivity index is -0.0000000180. The molecule has 0 saturated carbocycles. The van der Waals surface area contributed by atoms with Crippen molar-refractivity contribution in [1.82, 2.24) is 0 Å². The predicted molar refractivity (Wildman–Crippen MR) is 90.8 cm³/mol. The van der Waals surface area contributed by atoms with Crippen LogP contribution in [0, 0.1) is 6.42 Å². The predicted octanol–water partition coefficient (Wildman–Crippen LogP) is -0.600. The smallest absolute Gasteiger partial charge is 1.00 e. The number of halogens is 1. The first-order valence-corrected chi connectivity index (χ1v) is 6.81. The van der Waals surface area contributed by atoms with Crippen LogP contribution in [0.1, 0.15) is 69.2 Å². The molecule has 0 fully saturated rings. The quantitative estimate of drug-likeness (QED) is 0.329. The van der Waals surface area contributed by atoms with Gasteiger partial charge in [-0.05, 0) is 55.4 Å². The van der Waals surface area contributed by atoms with Gasteiger partial charge in [-0.1, -0.05) is 0 Å². The molecule has 22 heavy (non-hydrogen) atoms. The molecule has 0 saturated heterocycles. The first-order valence-electron chi connectivity index (χ1n) is 6.81. The van der Waals surface area contributed by atoms with Crippen molar-refractivity contribution in [2.24, 2.45) is 0 Å². The fraction of sp³-hybridized carbons (Fsp3) is 0.933. The number of aliphatic hydroxyl groups is 4. The van der Waals surface area contributed by atoms with Gasteiger partial charge in [-0.2, -0.15) is 13.8 Å². The summed E-state index contributed by atoms with van der Waals surface area (Å²) in [6, 6.07) is 0. The van der Waals surface area contributed by atoms with Crippen molar-refractivity contribution >= 4 is 23.1 Å². The Morgan fingerprint density at radius 3 is 0.545 bits per heavy atom. The summed E-state index contributed by atoms with van der Waals surface area (Å²) in [5.41, 5.74) is 0. The summed E-state index contributed by atoms with van der Waals surface area (Å²) in [6.07, 6.45) is 1.33. The average molecular weight is 391 g/mol. The number of aliphatic hydroxyl groups excluding tert-OH is 4. The molecule has 0 aromatic carbocycles. The molecular formula is C15H39ClMgO4Ti. The normalized spacial score (nSPS) is 7.36. The summed E-state index contributed by atoms with van der Waals surface area (Å²) in [4.78, 5) is 0. The van der Waals surface area contributed by atoms with E-state index in [1.807, 2.05) is 20.3 Å². The Bertz CT molecular complexity index is 84.7. The van der Waals surface area contributed by atoms with E-state index in [-0.39, 0.29) is 81.6 Å². The second kappa shape index (κ2) is 49.5. The van der Waals surface area contributed by atoms with Crippen molar-refractivity contribution in [2.75, 3.05) is 0 Å². The summed E-state index contributed by atoms with van der Waals surface area (Å²) in [5, 5.41) is 32.2. The molecule has 136 valence electrons. The first-order chi connectivity index (χ1) is 8.34. The summed E-state index contributed by atoms with van der Waals surface area (Å²) in [7, 11) is 0. The van der Waals surface area contributed by atoms with Gasteiger partial charge in [0.1, 0.15) is 0 Å². The molecule has 0 rings (SSSR count). The molecular weight excluding hydrogens is 352 g/mol. The van der Waals surface area contributed by atoms with Gasteiger partial charge in [-0.3, -0.25) is 0 Å². The van der Waals surface area contributed by atoms with Gasteiger partial charge in [-0.25, -0.2) is 0 Å². The van der Waals surface area contributed by atoms with Gasteiger partial charge in [0, 0.05) is 46.1 Å². The Morgan fingerprint density at radius 1 is 0.545 bits per heavy atom. The van der Waals surface area contributed by atoms with Gasteiger partial charge >= 0.3 is 23.1 Å². The van der Waals surface area contributed by atoms with Crippen molar-refractivity contribution < 1.29 is 54.6 Å². The van der Waals surface area contributed by atoms with Crippen LogP contribution in [0.5, 0.6) is 0 Å². The van der Waals surface area contributed by atoms with Crippen LogP contribution in [0.2, 0.25) is 0 Å². The molecule has 0 aromatic rings. The van der Waals surface area contributed by atoms with Gasteiger partial charge in [0.25, 0.3) is 0 Å². The van der Waals surface area contributed by atoms with Crippen LogP contribution in [0.15, 0.2) is 0 Å². The van der Waals surface area contributed by atoms with E-state index in [4.69, 9.17) is 20.4 Å². The average Bonchev–Trinajstić information content (AvgIpc) is 1.97. The van der Waals surface area contributed by atoms with Crippen LogP contribution < -0.4 is 12.4 Å². The van der Waals surface area contributed by atoms with Crippen LogP contribution in [0.4, 0.5) is 0 Å². The molecule has 0 atom stereocenters. The molecule has 0 aliphatic carbocycles. The Labute approximate surface area is 176 Å². The van der Waals surface area contributed by atoms with Crippen LogP contribution in [-0.2, 0) is 21.7 Å². The SMILES string of the molecule is CC(C)O.CC(C)O.CC(C)O.CC(C)O.C[CH-]C.[Cl-].[Mg+2].[Ti]. The molecule has 4 N–H and O–H groups in total. The minimum atomic E-state index is -0.167. The molecule has 0 aromatic heterocycles. The van der Waals surface area contributed by atoms with Crippen LogP contribution in [0.25, 0.3) is 0 Å². The van der Waals surface area contributed by atoms with E-state index in [0.717, 1.165) is 0 Å². The Kier molecular flexibility index (Phi) is 111. The van der Waals surface area contributed by atoms with Crippen molar-refractivity contribution in [1.29, 1.82) is 0 Å². The maximum atomic E-state index is 8.06. The standard InChI is InChI=1S/4C3H8O.C3H7.ClH.Mg.Ti/c4*1-3(2)4;1-3-2;;;/h4*3-4H,1-2H3;3H,1-2H3;1H;;/q;;;;-1;;+2;/p-1. The molecule has 0 aliphatic heterocycles. The molecule has 0 spiro atoms. The zero-order valence-corrected chi connectivity index (χ0v) is 20.0. The third-order valence-electron chi connectivity index (χ3n) is 0. The third kappa shape index (κ3) is 3540. The molecule has 0 amide bonds. The number of hydrogen-bond acceptors (Lipinski definition) is 4. The van der Waals surface area contributed by atoms with E-state index in [2.05, 4.69) is 0 Å². The molecule has 0 aliphatic rings. The molecule has 0 heterocycles. The number of hydrogen-bond donors (Lipinski definition) is 4. The van der Waals surface area contributed by atoms with Gasteiger partial charge in [0.15, 0.2) is 0 Å². The van der Waals surface area contributed by atoms with E-state index in [9.17, 15) is 0 Å². The van der Waals surface area contributed by atoms with Crippen LogP contribution in [0.3, 0.4) is 0 Å². The van der Waals surface area contributed by atoms with E-state index >= 15 is 0 Å². The first kappa shape index (κ1) is 49.5. The van der Waals surface area contributed by atoms with Gasteiger partial charge in [0.2, 0.25) is 0 Å². The van der Waals surface area contributed by atoms with E-state index in [1.54, 1.807) is 55.4 Å². The van der Waals surface area contributed by atoms with Crippen molar-refractivity contribution in [3.63, 3.8) is 0 Å². The molecule has 7 heteroatoms. The minimum absolute atomic E-state index is 0. The molecule has 4 nitrogen and oxygen atoms in total. The maximum absolute atomic E-state index is 8.06. The van der Waals surface area contributed by atoms with Gasteiger partial charge in [-0.15, -0.1) is 0 Å². The summed E-state index contributed by atoms with van der Waals surface area (Å²) >= 11 is 0. The van der Waals surface area contributed by atoms with E-state index in [1.165, 1.54) is 0 Å². The van der Waals surface area contributed by atoms with E-state index in [0.29, 0.717) is 0 Å². The van der Waals surface area contributed by atoms with Crippen molar-refractivity contribution in [3.05, 3.63) is 6.42 Å². The zero-order chi connectivity index (χ0) is 17.0. The van der Waals surface area contributed by atoms with Crippen molar-refractivity contribution in [3.8, 4) is 0 Å². The van der Waals surface area contributed by atoms with E-state index < -0.39 is 0 Å². The fourth-order valence-electron chi connectivity index (χ4n) is 0. The van der Waals surface area contributed by atoms with Crippen LogP contribution >= 0.6 is 0 Å². The second-order valence-corrected chi connectivity index (χ2v) is 4.95. The molecule has 0 radical (unpaired) electrons. The number of rotatable bonds is 0. The monoisotopic (exact) mass is 390 g/mol. The third-order valence-corrected chi connectivity index (χ3v) is 0. The summed E-state index contributed by atoms with van der Waals surface area (Å²) in [6.45, 7) is 17.8. The molecule has 0 unspecified atom stereocenters. The largest absolute Gasteiger partial charge is 2.00 e. The van der Waals surface area contributed by atoms with Crippen LogP contribution in [-0.4, -0.2) is 67.9 Å². The Morgan fingerprint density at radius 2 is 0.545 bits per heavy atom. The van der Waals surface area contributed by atoms with Crippen molar-refractivity contribution in [2.45, 2.75) is 93.7 Å². The maximum Gasteiger partial charge on any atom is 2.00 e. The summed E-state index contributed by atoms with van der Waals surface area (Å²) in [5.74, 6) is 0. The van der Waals surface area contributed by atoms with Gasteiger partial charge < -0.3 is 39.3 Å². The Hall–Kier alpha value is 1.61. The minimum Gasteiger partial charge on any atom is -1.00 e. The second-order valence-electron chi connectivity index (χ2n) is 4.95.